The largest absolute Gasteiger partial charge is 0.376 e. The second-order valence-corrected chi connectivity index (χ2v) is 7.76. The number of aliphatic imine (C=N–C) groups is 1. The number of nitrogens with one attached hydrogen (secondary N) is 2. The Kier molecular flexibility index (Phi) is 9.84. The second-order valence-electron chi connectivity index (χ2n) is 7.76. The highest BCUT2D eigenvalue weighted by Crippen LogP contribution is 2.27. The first-order valence-corrected chi connectivity index (χ1v) is 10.2. The maximum atomic E-state index is 5.67. The van der Waals surface area contributed by atoms with Crippen molar-refractivity contribution in [2.45, 2.75) is 69.9 Å². The van der Waals surface area contributed by atoms with Gasteiger partial charge in [-0.2, -0.15) is 0 Å². The number of rotatable bonds is 6. The van der Waals surface area contributed by atoms with Crippen molar-refractivity contribution in [3.63, 3.8) is 0 Å². The van der Waals surface area contributed by atoms with Gasteiger partial charge in [0.05, 0.1) is 6.10 Å². The molecular weight excluding hydrogens is 427 g/mol. The van der Waals surface area contributed by atoms with Crippen LogP contribution in [0.1, 0.15) is 57.8 Å². The summed E-state index contributed by atoms with van der Waals surface area (Å²) in [5.41, 5.74) is 0. The van der Waals surface area contributed by atoms with E-state index in [1.807, 2.05) is 7.05 Å². The van der Waals surface area contributed by atoms with E-state index in [2.05, 4.69) is 20.5 Å². The molecule has 146 valence electrons. The van der Waals surface area contributed by atoms with Gasteiger partial charge in [-0.25, -0.2) is 0 Å². The number of nitrogens with zero attached hydrogens (tertiary/aromatic N) is 2. The van der Waals surface area contributed by atoms with Crippen molar-refractivity contribution in [2.24, 2.45) is 10.9 Å². The summed E-state index contributed by atoms with van der Waals surface area (Å²) in [6.45, 7) is 5.39. The van der Waals surface area contributed by atoms with Crippen LogP contribution >= 0.6 is 24.0 Å². The maximum absolute atomic E-state index is 5.67. The van der Waals surface area contributed by atoms with Gasteiger partial charge >= 0.3 is 0 Å². The molecule has 5 nitrogen and oxygen atoms in total. The fraction of sp³-hybridized carbons (Fsp3) is 0.947. The molecule has 0 amide bonds. The van der Waals surface area contributed by atoms with E-state index in [0.29, 0.717) is 12.1 Å². The molecule has 1 aliphatic carbocycles. The molecule has 3 aliphatic rings. The maximum Gasteiger partial charge on any atom is 0.191 e. The highest BCUT2D eigenvalue weighted by atomic mass is 127. The summed E-state index contributed by atoms with van der Waals surface area (Å²) < 4.78 is 5.67. The molecule has 0 radical (unpaired) electrons. The van der Waals surface area contributed by atoms with Gasteiger partial charge in [0, 0.05) is 39.3 Å². The summed E-state index contributed by atoms with van der Waals surface area (Å²) in [7, 11) is 1.86. The monoisotopic (exact) mass is 464 g/mol. The molecule has 3 fully saturated rings. The molecule has 6 heteroatoms. The average Bonchev–Trinajstić information content (AvgIpc) is 3.28. The molecule has 0 aromatic carbocycles. The zero-order valence-corrected chi connectivity index (χ0v) is 18.2. The Morgan fingerprint density at radius 1 is 1.00 bits per heavy atom. The predicted molar refractivity (Wildman–Crippen MR) is 115 cm³/mol. The minimum Gasteiger partial charge on any atom is -0.376 e. The SMILES string of the molecule is CN=C(NCC1CCCO1)NCC1CCCN1CC1CCCCC1.I. The lowest BCUT2D eigenvalue weighted by Crippen LogP contribution is -2.47. The van der Waals surface area contributed by atoms with E-state index in [9.17, 15) is 0 Å². The Balaban J connectivity index is 0.00000225. The van der Waals surface area contributed by atoms with Crippen LogP contribution in [0.4, 0.5) is 0 Å². The van der Waals surface area contributed by atoms with Gasteiger partial charge in [0.15, 0.2) is 5.96 Å². The number of guanidine groups is 1. The van der Waals surface area contributed by atoms with E-state index < -0.39 is 0 Å². The van der Waals surface area contributed by atoms with Gasteiger partial charge in [0.2, 0.25) is 0 Å². The van der Waals surface area contributed by atoms with Crippen molar-refractivity contribution >= 4 is 29.9 Å². The average molecular weight is 464 g/mol. The van der Waals surface area contributed by atoms with Gasteiger partial charge in [0.25, 0.3) is 0 Å². The van der Waals surface area contributed by atoms with Crippen LogP contribution in [0.5, 0.6) is 0 Å². The predicted octanol–water partition coefficient (Wildman–Crippen LogP) is 2.99. The van der Waals surface area contributed by atoms with Gasteiger partial charge < -0.3 is 15.4 Å². The molecular formula is C19H37IN4O. The Hall–Kier alpha value is -0.0800. The van der Waals surface area contributed by atoms with Crippen molar-refractivity contribution in [2.75, 3.05) is 39.8 Å². The van der Waals surface area contributed by atoms with Crippen molar-refractivity contribution in [3.05, 3.63) is 0 Å². The molecule has 2 atom stereocenters. The Bertz CT molecular complexity index is 395. The van der Waals surface area contributed by atoms with Crippen LogP contribution < -0.4 is 10.6 Å². The van der Waals surface area contributed by atoms with Crippen molar-refractivity contribution < 1.29 is 4.74 Å². The summed E-state index contributed by atoms with van der Waals surface area (Å²) in [5, 5.41) is 6.97. The minimum absolute atomic E-state index is 0. The molecule has 0 aromatic heterocycles. The van der Waals surface area contributed by atoms with Crippen LogP contribution in [0, 0.1) is 5.92 Å². The third-order valence-electron chi connectivity index (χ3n) is 5.97. The lowest BCUT2D eigenvalue weighted by Gasteiger charge is -2.31. The van der Waals surface area contributed by atoms with Gasteiger partial charge in [-0.3, -0.25) is 9.89 Å². The topological polar surface area (TPSA) is 48.9 Å². The molecule has 0 aromatic rings. The lowest BCUT2D eigenvalue weighted by molar-refractivity contribution is 0.113. The fourth-order valence-electron chi connectivity index (χ4n) is 4.52. The number of hydrogen-bond acceptors (Lipinski definition) is 3. The van der Waals surface area contributed by atoms with E-state index in [1.54, 1.807) is 0 Å². The number of ether oxygens (including phenoxy) is 1. The molecule has 0 bridgehead atoms. The third kappa shape index (κ3) is 6.86. The molecule has 2 aliphatic heterocycles. The van der Waals surface area contributed by atoms with Crippen LogP contribution in [0.25, 0.3) is 0 Å². The molecule has 1 saturated carbocycles. The first-order valence-electron chi connectivity index (χ1n) is 10.2. The standard InChI is InChI=1S/C19H36N4O.HI/c1-20-19(22-14-18-10-6-12-24-18)21-13-17-9-5-11-23(17)15-16-7-3-2-4-8-16;/h16-18H,2-15H2,1H3,(H2,20,21,22);1H. The second kappa shape index (κ2) is 11.6. The van der Waals surface area contributed by atoms with E-state index in [-0.39, 0.29) is 24.0 Å². The molecule has 2 heterocycles. The Morgan fingerprint density at radius 2 is 1.80 bits per heavy atom. The van der Waals surface area contributed by atoms with Gasteiger partial charge in [-0.15, -0.1) is 24.0 Å². The molecule has 2 saturated heterocycles. The normalized spacial score (nSPS) is 28.8. The molecule has 2 unspecified atom stereocenters. The van der Waals surface area contributed by atoms with Crippen LogP contribution in [-0.2, 0) is 4.74 Å². The molecule has 3 rings (SSSR count). The smallest absolute Gasteiger partial charge is 0.191 e. The van der Waals surface area contributed by atoms with Crippen molar-refractivity contribution in [1.29, 1.82) is 0 Å². The quantitative estimate of drug-likeness (QED) is 0.361. The number of hydrogen-bond donors (Lipinski definition) is 2. The van der Waals surface area contributed by atoms with E-state index >= 15 is 0 Å². The lowest BCUT2D eigenvalue weighted by atomic mass is 9.89. The highest BCUT2D eigenvalue weighted by Gasteiger charge is 2.27. The van der Waals surface area contributed by atoms with Crippen molar-refractivity contribution in [3.8, 4) is 0 Å². The third-order valence-corrected chi connectivity index (χ3v) is 5.97. The van der Waals surface area contributed by atoms with Gasteiger partial charge in [0.1, 0.15) is 0 Å². The summed E-state index contributed by atoms with van der Waals surface area (Å²) in [5.74, 6) is 1.87. The highest BCUT2D eigenvalue weighted by molar-refractivity contribution is 14.0. The molecule has 2 N–H and O–H groups in total. The Labute approximate surface area is 170 Å². The molecule has 25 heavy (non-hydrogen) atoms. The first kappa shape index (κ1) is 21.2. The first-order chi connectivity index (χ1) is 11.8. The summed E-state index contributed by atoms with van der Waals surface area (Å²) >= 11 is 0. The Morgan fingerprint density at radius 3 is 2.52 bits per heavy atom. The van der Waals surface area contributed by atoms with Crippen LogP contribution in [-0.4, -0.2) is 62.8 Å². The number of halogens is 1. The van der Waals surface area contributed by atoms with E-state index in [1.165, 1.54) is 70.9 Å². The van der Waals surface area contributed by atoms with Crippen LogP contribution in [0.15, 0.2) is 4.99 Å². The summed E-state index contributed by atoms with van der Waals surface area (Å²) in [4.78, 5) is 7.10. The fourth-order valence-corrected chi connectivity index (χ4v) is 4.52. The van der Waals surface area contributed by atoms with Crippen LogP contribution in [0.2, 0.25) is 0 Å². The summed E-state index contributed by atoms with van der Waals surface area (Å²) in [6.07, 6.45) is 12.6. The minimum atomic E-state index is 0. The zero-order chi connectivity index (χ0) is 16.6. The number of likely N-dealkylation sites (tertiary alicyclic amines) is 1. The van der Waals surface area contributed by atoms with Crippen LogP contribution in [0.3, 0.4) is 0 Å². The van der Waals surface area contributed by atoms with E-state index in [0.717, 1.165) is 31.6 Å². The summed E-state index contributed by atoms with van der Waals surface area (Å²) in [6, 6.07) is 0.674. The molecule has 0 spiro atoms. The van der Waals surface area contributed by atoms with Gasteiger partial charge in [-0.1, -0.05) is 19.3 Å². The van der Waals surface area contributed by atoms with Crippen molar-refractivity contribution in [1.82, 2.24) is 15.5 Å². The van der Waals surface area contributed by atoms with E-state index in [4.69, 9.17) is 4.74 Å². The zero-order valence-electron chi connectivity index (χ0n) is 15.8. The van der Waals surface area contributed by atoms with Gasteiger partial charge in [-0.05, 0) is 51.0 Å².